The molecule has 6 nitrogen and oxygen atoms in total. The summed E-state index contributed by atoms with van der Waals surface area (Å²) >= 11 is 0. The summed E-state index contributed by atoms with van der Waals surface area (Å²) in [4.78, 5) is 0. The molecule has 1 aliphatic rings. The second-order valence-corrected chi connectivity index (χ2v) is 6.27. The van der Waals surface area contributed by atoms with Crippen molar-refractivity contribution in [2.75, 3.05) is 7.11 Å². The number of allylic oxidation sites excluding steroid dienone is 1. The number of nitrogens with one attached hydrogen (secondary N) is 1. The lowest BCUT2D eigenvalue weighted by Crippen LogP contribution is -2.21. The van der Waals surface area contributed by atoms with Gasteiger partial charge in [-0.05, 0) is 16.7 Å². The topological polar surface area (TPSA) is 97.0 Å². The Bertz CT molecular complexity index is 1030. The van der Waals surface area contributed by atoms with Gasteiger partial charge in [0.15, 0.2) is 0 Å². The number of ether oxygens (including phenoxy) is 2. The van der Waals surface area contributed by atoms with Gasteiger partial charge in [-0.2, -0.15) is 5.26 Å². The third-order valence-electron chi connectivity index (χ3n) is 4.66. The Hall–Kier alpha value is -3.56. The Kier molecular flexibility index (Phi) is 4.37. The van der Waals surface area contributed by atoms with Crippen molar-refractivity contribution in [3.63, 3.8) is 0 Å². The molecule has 1 aliphatic heterocycles. The predicted molar refractivity (Wildman–Crippen MR) is 100 cm³/mol. The maximum absolute atomic E-state index is 9.68. The highest BCUT2D eigenvalue weighted by atomic mass is 16.5. The number of rotatable bonds is 4. The van der Waals surface area contributed by atoms with Gasteiger partial charge in [-0.1, -0.05) is 54.6 Å². The third-order valence-corrected chi connectivity index (χ3v) is 4.66. The summed E-state index contributed by atoms with van der Waals surface area (Å²) in [6, 6.07) is 20.4. The average Bonchev–Trinajstić information content (AvgIpc) is 3.10. The van der Waals surface area contributed by atoms with Crippen molar-refractivity contribution < 1.29 is 9.47 Å². The third kappa shape index (κ3) is 2.94. The van der Waals surface area contributed by atoms with Crippen molar-refractivity contribution in [3.8, 4) is 23.1 Å². The van der Waals surface area contributed by atoms with Gasteiger partial charge in [-0.15, -0.1) is 5.10 Å². The highest BCUT2D eigenvalue weighted by Gasteiger charge is 2.35. The van der Waals surface area contributed by atoms with Gasteiger partial charge < -0.3 is 15.2 Å². The molecule has 6 heteroatoms. The van der Waals surface area contributed by atoms with Crippen LogP contribution in [0.25, 0.3) is 11.1 Å². The maximum atomic E-state index is 9.68. The van der Waals surface area contributed by atoms with Gasteiger partial charge in [0.05, 0.1) is 23.8 Å². The Morgan fingerprint density at radius 1 is 1.15 bits per heavy atom. The molecule has 3 N–H and O–H groups in total. The highest BCUT2D eigenvalue weighted by molar-refractivity contribution is 5.65. The van der Waals surface area contributed by atoms with E-state index < -0.39 is 0 Å². The van der Waals surface area contributed by atoms with E-state index in [0.29, 0.717) is 18.1 Å². The van der Waals surface area contributed by atoms with Crippen LogP contribution in [-0.4, -0.2) is 17.3 Å². The Balaban J connectivity index is 1.80. The van der Waals surface area contributed by atoms with Gasteiger partial charge in [0.1, 0.15) is 11.6 Å². The zero-order valence-electron chi connectivity index (χ0n) is 14.8. The number of aromatic nitrogens is 2. The summed E-state index contributed by atoms with van der Waals surface area (Å²) in [6.07, 6.45) is 0. The van der Waals surface area contributed by atoms with Crippen LogP contribution in [0.15, 0.2) is 66.1 Å². The van der Waals surface area contributed by atoms with Crippen molar-refractivity contribution in [2.24, 2.45) is 5.73 Å². The number of hydrogen-bond acceptors (Lipinski definition) is 5. The number of methoxy groups -OCH3 is 1. The van der Waals surface area contributed by atoms with E-state index in [0.717, 1.165) is 27.9 Å². The minimum Gasteiger partial charge on any atom is -0.420 e. The molecule has 0 fully saturated rings. The van der Waals surface area contributed by atoms with Crippen molar-refractivity contribution in [1.29, 1.82) is 5.26 Å². The van der Waals surface area contributed by atoms with Gasteiger partial charge in [-0.25, -0.2) is 0 Å². The van der Waals surface area contributed by atoms with Gasteiger partial charge >= 0.3 is 0 Å². The first kappa shape index (κ1) is 16.9. The number of nitrogens with two attached hydrogens (primary N) is 1. The van der Waals surface area contributed by atoms with E-state index in [-0.39, 0.29) is 11.8 Å². The summed E-state index contributed by atoms with van der Waals surface area (Å²) in [5.74, 6) is 0.112. The van der Waals surface area contributed by atoms with Crippen molar-refractivity contribution in [1.82, 2.24) is 10.2 Å². The summed E-state index contributed by atoms with van der Waals surface area (Å²) in [6.45, 7) is 0.336. The van der Waals surface area contributed by atoms with E-state index in [1.807, 2.05) is 42.5 Å². The van der Waals surface area contributed by atoms with Crippen LogP contribution in [0.4, 0.5) is 0 Å². The zero-order chi connectivity index (χ0) is 18.8. The van der Waals surface area contributed by atoms with E-state index in [4.69, 9.17) is 15.2 Å². The molecule has 0 saturated carbocycles. The fraction of sp³-hybridized carbons (Fsp3) is 0.143. The molecular weight excluding hydrogens is 340 g/mol. The van der Waals surface area contributed by atoms with Crippen LogP contribution >= 0.6 is 0 Å². The normalized spacial score (nSPS) is 15.8. The standard InChI is InChI=1S/C21H18N4O2/c1-26-12-17-19-18(16(11-22)20(23)27-21(19)25-24-17)15-9-7-14(8-10-15)13-5-3-2-4-6-13/h2-10,18H,12,23H2,1H3,(H,24,25). The Morgan fingerprint density at radius 3 is 2.52 bits per heavy atom. The van der Waals surface area contributed by atoms with E-state index in [9.17, 15) is 5.26 Å². The molecule has 0 saturated heterocycles. The highest BCUT2D eigenvalue weighted by Crippen LogP contribution is 2.43. The SMILES string of the molecule is COCc1[nH]nc2c1C(c1ccc(-c3ccccc3)cc1)C(C#N)=C(N)O2. The van der Waals surface area contributed by atoms with Crippen molar-refractivity contribution in [2.45, 2.75) is 12.5 Å². The van der Waals surface area contributed by atoms with Gasteiger partial charge in [0.25, 0.3) is 0 Å². The van der Waals surface area contributed by atoms with Crippen LogP contribution in [0.1, 0.15) is 22.7 Å². The van der Waals surface area contributed by atoms with E-state index in [1.54, 1.807) is 7.11 Å². The van der Waals surface area contributed by atoms with Crippen LogP contribution in [0.3, 0.4) is 0 Å². The lowest BCUT2D eigenvalue weighted by Gasteiger charge is -2.24. The average molecular weight is 358 g/mol. The molecule has 1 unspecified atom stereocenters. The van der Waals surface area contributed by atoms with Crippen LogP contribution in [0, 0.1) is 11.3 Å². The summed E-state index contributed by atoms with van der Waals surface area (Å²) < 4.78 is 10.8. The molecule has 3 aromatic rings. The zero-order valence-corrected chi connectivity index (χ0v) is 14.8. The molecule has 1 atom stereocenters. The fourth-order valence-corrected chi connectivity index (χ4v) is 3.39. The molecule has 4 rings (SSSR count). The predicted octanol–water partition coefficient (Wildman–Crippen LogP) is 3.44. The first-order chi connectivity index (χ1) is 13.2. The molecule has 0 spiro atoms. The summed E-state index contributed by atoms with van der Waals surface area (Å²) in [7, 11) is 1.61. The van der Waals surface area contributed by atoms with Gasteiger partial charge in [0, 0.05) is 7.11 Å². The number of aromatic amines is 1. The number of nitrogens with zero attached hydrogens (tertiary/aromatic N) is 2. The number of benzene rings is 2. The number of fused-ring (bicyclic) bond motifs is 1. The number of hydrogen-bond donors (Lipinski definition) is 2. The second-order valence-electron chi connectivity index (χ2n) is 6.27. The second kappa shape index (κ2) is 6.98. The molecule has 1 aromatic heterocycles. The number of nitriles is 1. The minimum atomic E-state index is -0.354. The van der Waals surface area contributed by atoms with Gasteiger partial charge in [-0.3, -0.25) is 5.10 Å². The molecule has 0 bridgehead atoms. The van der Waals surface area contributed by atoms with E-state index >= 15 is 0 Å². The van der Waals surface area contributed by atoms with E-state index in [2.05, 4.69) is 28.4 Å². The quantitative estimate of drug-likeness (QED) is 0.744. The fourth-order valence-electron chi connectivity index (χ4n) is 3.39. The van der Waals surface area contributed by atoms with E-state index in [1.165, 1.54) is 0 Å². The first-order valence-corrected chi connectivity index (χ1v) is 8.52. The molecule has 134 valence electrons. The van der Waals surface area contributed by atoms with Crippen LogP contribution in [0.5, 0.6) is 5.88 Å². The van der Waals surface area contributed by atoms with Crippen LogP contribution in [0.2, 0.25) is 0 Å². The van der Waals surface area contributed by atoms with Crippen LogP contribution in [-0.2, 0) is 11.3 Å². The lowest BCUT2D eigenvalue weighted by atomic mass is 9.83. The summed E-state index contributed by atoms with van der Waals surface area (Å²) in [5, 5.41) is 16.8. The molecule has 0 aliphatic carbocycles. The maximum Gasteiger partial charge on any atom is 0.244 e. The molecule has 0 radical (unpaired) electrons. The molecule has 2 heterocycles. The number of H-pyrrole nitrogens is 1. The van der Waals surface area contributed by atoms with Crippen molar-refractivity contribution in [3.05, 3.63) is 82.9 Å². The van der Waals surface area contributed by atoms with Crippen LogP contribution < -0.4 is 10.5 Å². The largest absolute Gasteiger partial charge is 0.420 e. The summed E-state index contributed by atoms with van der Waals surface area (Å²) in [5.41, 5.74) is 11.1. The lowest BCUT2D eigenvalue weighted by molar-refractivity contribution is 0.180. The molecule has 27 heavy (non-hydrogen) atoms. The Morgan fingerprint density at radius 2 is 1.85 bits per heavy atom. The monoisotopic (exact) mass is 358 g/mol. The Labute approximate surface area is 156 Å². The molecule has 0 amide bonds. The smallest absolute Gasteiger partial charge is 0.244 e. The molecular formula is C21H18N4O2. The minimum absolute atomic E-state index is 0.0811. The molecule has 2 aromatic carbocycles. The van der Waals surface area contributed by atoms with Crippen molar-refractivity contribution >= 4 is 0 Å². The van der Waals surface area contributed by atoms with Gasteiger partial charge in [0.2, 0.25) is 11.8 Å². The first-order valence-electron chi connectivity index (χ1n) is 8.52.